The molecule has 0 radical (unpaired) electrons. The van der Waals surface area contributed by atoms with Crippen LogP contribution in [0.15, 0.2) is 30.6 Å². The summed E-state index contributed by atoms with van der Waals surface area (Å²) in [6.07, 6.45) is -1.81. The van der Waals surface area contributed by atoms with Crippen molar-refractivity contribution in [2.75, 3.05) is 0 Å². The van der Waals surface area contributed by atoms with Gasteiger partial charge in [0.25, 0.3) is 5.69 Å². The van der Waals surface area contributed by atoms with Gasteiger partial charge in [-0.1, -0.05) is 11.6 Å². The number of benzene rings is 1. The number of pyridine rings is 1. The van der Waals surface area contributed by atoms with Crippen molar-refractivity contribution in [3.63, 3.8) is 0 Å². The Bertz CT molecular complexity index is 939. The van der Waals surface area contributed by atoms with E-state index in [4.69, 9.17) is 21.5 Å². The molecule has 2 N–H and O–H groups in total. The van der Waals surface area contributed by atoms with Gasteiger partial charge in [-0.2, -0.15) is 13.2 Å². The van der Waals surface area contributed by atoms with Gasteiger partial charge < -0.3 is 10.1 Å². The predicted octanol–water partition coefficient (Wildman–Crippen LogP) is 3.91. The third kappa shape index (κ3) is 3.54. The molecule has 2 heterocycles. The van der Waals surface area contributed by atoms with Crippen LogP contribution < -0.4 is 0 Å². The Morgan fingerprint density at radius 2 is 1.96 bits per heavy atom. The first-order valence-electron chi connectivity index (χ1n) is 6.10. The lowest BCUT2D eigenvalue weighted by atomic mass is 10.2. The molecule has 0 aliphatic rings. The summed E-state index contributed by atoms with van der Waals surface area (Å²) in [7, 11) is 0. The van der Waals surface area contributed by atoms with E-state index in [-0.39, 0.29) is 5.69 Å². The third-order valence-corrected chi connectivity index (χ3v) is 3.11. The molecule has 0 atom stereocenters. The van der Waals surface area contributed by atoms with E-state index in [1.807, 2.05) is 0 Å². The lowest BCUT2D eigenvalue weighted by molar-refractivity contribution is -0.383. The molecule has 7 nitrogen and oxygen atoms in total. The van der Waals surface area contributed by atoms with Crippen molar-refractivity contribution in [1.82, 2.24) is 9.97 Å². The van der Waals surface area contributed by atoms with Crippen LogP contribution in [0.3, 0.4) is 0 Å². The number of hydrogen-bond donors (Lipinski definition) is 2. The van der Waals surface area contributed by atoms with Crippen LogP contribution in [-0.2, 0) is 4.79 Å². The lowest BCUT2D eigenvalue weighted by Crippen LogP contribution is -2.21. The third-order valence-electron chi connectivity index (χ3n) is 2.89. The normalized spacial score (nSPS) is 11.2. The molecular formula is C13H7ClF3N3O4. The van der Waals surface area contributed by atoms with E-state index in [0.29, 0.717) is 10.5 Å². The van der Waals surface area contributed by atoms with Crippen LogP contribution in [0.4, 0.5) is 18.9 Å². The summed E-state index contributed by atoms with van der Waals surface area (Å²) >= 11 is 5.89. The minimum absolute atomic E-state index is 0.0244. The Morgan fingerprint density at radius 1 is 1.33 bits per heavy atom. The summed E-state index contributed by atoms with van der Waals surface area (Å²) in [5.74, 6) is -2.76. The second kappa shape index (κ2) is 6.32. The average molecular weight is 362 g/mol. The summed E-state index contributed by atoms with van der Waals surface area (Å²) < 4.78 is 31.7. The molecule has 0 unspecified atom stereocenters. The van der Waals surface area contributed by atoms with E-state index in [2.05, 4.69) is 9.97 Å². The quantitative estimate of drug-likeness (QED) is 0.504. The van der Waals surface area contributed by atoms with Crippen LogP contribution in [0.5, 0.6) is 0 Å². The van der Waals surface area contributed by atoms with Gasteiger partial charge in [-0.05, 0) is 12.1 Å². The number of hydrogen-bond acceptors (Lipinski definition) is 4. The number of nitro benzene ring substituents is 1. The number of aliphatic carboxylic acids is 1. The first-order chi connectivity index (χ1) is 11.1. The van der Waals surface area contributed by atoms with Crippen molar-refractivity contribution in [3.05, 3.63) is 45.7 Å². The molecule has 126 valence electrons. The van der Waals surface area contributed by atoms with Crippen LogP contribution in [-0.4, -0.2) is 32.1 Å². The summed E-state index contributed by atoms with van der Waals surface area (Å²) in [6, 6.07) is 4.85. The SMILES string of the molecule is O=C(O)C(F)(F)F.O=[N+]([O-])c1cc(Cl)cc2c1[nH]c1cnccc12. The molecule has 0 saturated heterocycles. The molecule has 0 spiro atoms. The Balaban J connectivity index is 0.000000256. The number of nitrogens with one attached hydrogen (secondary N) is 1. The highest BCUT2D eigenvalue weighted by Crippen LogP contribution is 2.33. The Hall–Kier alpha value is -2.88. The van der Waals surface area contributed by atoms with Crippen LogP contribution in [0.2, 0.25) is 5.02 Å². The van der Waals surface area contributed by atoms with Crippen LogP contribution in [0.1, 0.15) is 0 Å². The van der Waals surface area contributed by atoms with Crippen LogP contribution in [0, 0.1) is 10.1 Å². The molecule has 1 aromatic carbocycles. The predicted molar refractivity (Wildman–Crippen MR) is 79.0 cm³/mol. The van der Waals surface area contributed by atoms with Gasteiger partial charge in [0.15, 0.2) is 0 Å². The molecule has 0 aliphatic heterocycles. The topological polar surface area (TPSA) is 109 Å². The highest BCUT2D eigenvalue weighted by atomic mass is 35.5. The van der Waals surface area contributed by atoms with E-state index in [1.54, 1.807) is 24.5 Å². The molecule has 0 saturated carbocycles. The summed E-state index contributed by atoms with van der Waals surface area (Å²) in [5.41, 5.74) is 1.21. The summed E-state index contributed by atoms with van der Waals surface area (Å²) in [5, 5.41) is 20.0. The van der Waals surface area contributed by atoms with Gasteiger partial charge in [-0.25, -0.2) is 4.79 Å². The zero-order chi connectivity index (χ0) is 18.1. The van der Waals surface area contributed by atoms with Crippen molar-refractivity contribution < 1.29 is 28.0 Å². The molecular weight excluding hydrogens is 355 g/mol. The van der Waals surface area contributed by atoms with Crippen molar-refractivity contribution in [3.8, 4) is 0 Å². The number of non-ortho nitro benzene ring substituents is 1. The second-order valence-corrected chi connectivity index (χ2v) is 4.89. The van der Waals surface area contributed by atoms with Crippen molar-refractivity contribution in [2.45, 2.75) is 6.18 Å². The highest BCUT2D eigenvalue weighted by molar-refractivity contribution is 6.32. The van der Waals surface area contributed by atoms with E-state index in [9.17, 15) is 23.3 Å². The molecule has 0 fully saturated rings. The zero-order valence-corrected chi connectivity index (χ0v) is 12.2. The van der Waals surface area contributed by atoms with Crippen LogP contribution >= 0.6 is 11.6 Å². The Kier molecular flexibility index (Phi) is 4.60. The van der Waals surface area contributed by atoms with Gasteiger partial charge in [0.05, 0.1) is 16.6 Å². The second-order valence-electron chi connectivity index (χ2n) is 4.45. The fourth-order valence-electron chi connectivity index (χ4n) is 1.94. The van der Waals surface area contributed by atoms with E-state index in [1.165, 1.54) is 6.07 Å². The minimum atomic E-state index is -5.08. The van der Waals surface area contributed by atoms with Gasteiger partial charge in [0.2, 0.25) is 0 Å². The number of H-pyrrole nitrogens is 1. The van der Waals surface area contributed by atoms with Gasteiger partial charge in [0.1, 0.15) is 5.52 Å². The molecule has 11 heteroatoms. The van der Waals surface area contributed by atoms with Crippen molar-refractivity contribution in [2.24, 2.45) is 0 Å². The van der Waals surface area contributed by atoms with Gasteiger partial charge >= 0.3 is 12.1 Å². The zero-order valence-electron chi connectivity index (χ0n) is 11.5. The minimum Gasteiger partial charge on any atom is -0.475 e. The summed E-state index contributed by atoms with van der Waals surface area (Å²) in [4.78, 5) is 26.4. The molecule has 0 bridgehead atoms. The van der Waals surface area contributed by atoms with Gasteiger partial charge in [-0.15, -0.1) is 0 Å². The molecule has 2 aromatic heterocycles. The Labute approximate surface area is 135 Å². The van der Waals surface area contributed by atoms with Crippen molar-refractivity contribution in [1.29, 1.82) is 0 Å². The maximum absolute atomic E-state index is 11.0. The number of fused-ring (bicyclic) bond motifs is 3. The van der Waals surface area contributed by atoms with Crippen LogP contribution in [0.25, 0.3) is 21.8 Å². The number of carboxylic acids is 1. The number of nitro groups is 1. The highest BCUT2D eigenvalue weighted by Gasteiger charge is 2.38. The number of aromatic amines is 1. The number of carbonyl (C=O) groups is 1. The fourth-order valence-corrected chi connectivity index (χ4v) is 2.16. The number of aromatic nitrogens is 2. The largest absolute Gasteiger partial charge is 0.490 e. The average Bonchev–Trinajstić information content (AvgIpc) is 2.84. The van der Waals surface area contributed by atoms with Crippen molar-refractivity contribution >= 4 is 45.1 Å². The van der Waals surface area contributed by atoms with Gasteiger partial charge in [-0.3, -0.25) is 15.1 Å². The van der Waals surface area contributed by atoms with E-state index in [0.717, 1.165) is 16.3 Å². The molecule has 3 rings (SSSR count). The summed E-state index contributed by atoms with van der Waals surface area (Å²) in [6.45, 7) is 0. The van der Waals surface area contributed by atoms with E-state index < -0.39 is 17.1 Å². The molecule has 3 aromatic rings. The molecule has 0 aliphatic carbocycles. The number of nitrogens with zero attached hydrogens (tertiary/aromatic N) is 2. The van der Waals surface area contributed by atoms with E-state index >= 15 is 0 Å². The first-order valence-corrected chi connectivity index (χ1v) is 6.48. The van der Waals surface area contributed by atoms with Gasteiger partial charge in [0, 0.05) is 28.1 Å². The monoisotopic (exact) mass is 361 g/mol. The number of rotatable bonds is 1. The smallest absolute Gasteiger partial charge is 0.475 e. The number of halogens is 4. The standard InChI is InChI=1S/C11H6ClN3O2.C2HF3O2/c12-6-3-8-7-1-2-13-5-9(7)14-11(8)10(4-6)15(16)17;3-2(4,5)1(6)7/h1-5,14H;(H,6,7). The molecule has 24 heavy (non-hydrogen) atoms. The molecule has 0 amide bonds. The number of carboxylic acid groups (broad SMARTS) is 1. The first kappa shape index (κ1) is 17.5. The lowest BCUT2D eigenvalue weighted by Gasteiger charge is -1.95. The fraction of sp³-hybridized carbons (Fsp3) is 0.0769. The Morgan fingerprint density at radius 3 is 2.50 bits per heavy atom. The number of alkyl halides is 3. The maximum Gasteiger partial charge on any atom is 0.490 e. The maximum atomic E-state index is 11.0.